The van der Waals surface area contributed by atoms with Crippen LogP contribution in [0.15, 0.2) is 24.2 Å². The van der Waals surface area contributed by atoms with Crippen molar-refractivity contribution in [1.82, 2.24) is 0 Å². The van der Waals surface area contributed by atoms with Gasteiger partial charge in [-0.25, -0.2) is 0 Å². The molecule has 3 nitrogen and oxygen atoms in total. The second-order valence-electron chi connectivity index (χ2n) is 1.37. The van der Waals surface area contributed by atoms with E-state index in [-0.39, 0.29) is 5.95 Å². The van der Waals surface area contributed by atoms with Gasteiger partial charge in [-0.15, -0.1) is 0 Å². The van der Waals surface area contributed by atoms with Crippen molar-refractivity contribution in [1.29, 1.82) is 0 Å². The van der Waals surface area contributed by atoms with E-state index in [2.05, 4.69) is 4.74 Å². The van der Waals surface area contributed by atoms with E-state index in [9.17, 15) is 0 Å². The lowest BCUT2D eigenvalue weighted by Gasteiger charge is -2.06. The molecule has 0 atom stereocenters. The van der Waals surface area contributed by atoms with Gasteiger partial charge in [-0.1, -0.05) is 0 Å². The molecule has 0 bridgehead atoms. The van der Waals surface area contributed by atoms with Crippen LogP contribution in [0.3, 0.4) is 0 Å². The van der Waals surface area contributed by atoms with Crippen molar-refractivity contribution in [3.05, 3.63) is 24.2 Å². The van der Waals surface area contributed by atoms with Gasteiger partial charge >= 0.3 is 5.95 Å². The molecule has 0 saturated heterocycles. The largest absolute Gasteiger partial charge is 0.478 e. The summed E-state index contributed by atoms with van der Waals surface area (Å²) in [4.78, 5) is 0. The van der Waals surface area contributed by atoms with Gasteiger partial charge in [0.25, 0.3) is 0 Å². The molecule has 0 aromatic rings. The molecular formula is C5H6O3. The highest BCUT2D eigenvalue weighted by molar-refractivity contribution is 4.95. The van der Waals surface area contributed by atoms with Crippen molar-refractivity contribution in [2.75, 3.05) is 0 Å². The van der Waals surface area contributed by atoms with Gasteiger partial charge in [-0.3, -0.25) is 0 Å². The fraction of sp³-hybridized carbons (Fsp3) is 0.200. The zero-order chi connectivity index (χ0) is 5.98. The number of ether oxygens (including phenoxy) is 2. The highest BCUT2D eigenvalue weighted by Gasteiger charge is 2.03. The highest BCUT2D eigenvalue weighted by atomic mass is 16.6. The molecule has 1 N–H and O–H groups in total. The Balaban J connectivity index is 2.67. The third kappa shape index (κ3) is 0.753. The number of aliphatic hydroxyl groups excluding tert-OH is 1. The Morgan fingerprint density at radius 3 is 2.38 bits per heavy atom. The molecule has 0 fully saturated rings. The minimum absolute atomic E-state index is 0.174. The average molecular weight is 114 g/mol. The summed E-state index contributed by atoms with van der Waals surface area (Å²) in [5.41, 5.74) is 0. The van der Waals surface area contributed by atoms with Crippen LogP contribution in [0.4, 0.5) is 0 Å². The molecule has 1 rings (SSSR count). The van der Waals surface area contributed by atoms with Crippen LogP contribution >= 0.6 is 0 Å². The molecule has 0 spiro atoms. The minimum atomic E-state index is -0.174. The predicted octanol–water partition coefficient (Wildman–Crippen LogP) is 1.25. The molecule has 0 saturated carbocycles. The first-order valence-corrected chi connectivity index (χ1v) is 2.19. The van der Waals surface area contributed by atoms with Gasteiger partial charge in [0.15, 0.2) is 5.76 Å². The quantitative estimate of drug-likeness (QED) is 0.515. The molecule has 3 heteroatoms. The lowest BCUT2D eigenvalue weighted by molar-refractivity contribution is 0.111. The summed E-state index contributed by atoms with van der Waals surface area (Å²) in [6.45, 7) is 1.61. The van der Waals surface area contributed by atoms with Crippen LogP contribution in [-0.4, -0.2) is 5.11 Å². The Morgan fingerprint density at radius 1 is 1.38 bits per heavy atom. The monoisotopic (exact) mass is 114 g/mol. The SMILES string of the molecule is CC1=C(O)OC=CO1. The van der Waals surface area contributed by atoms with Gasteiger partial charge < -0.3 is 14.6 Å². The van der Waals surface area contributed by atoms with Crippen LogP contribution in [-0.2, 0) is 9.47 Å². The van der Waals surface area contributed by atoms with Crippen LogP contribution in [0.5, 0.6) is 0 Å². The smallest absolute Gasteiger partial charge is 0.321 e. The van der Waals surface area contributed by atoms with E-state index in [0.29, 0.717) is 5.76 Å². The fourth-order valence-corrected chi connectivity index (χ4v) is 0.355. The van der Waals surface area contributed by atoms with Gasteiger partial charge in [-0.2, -0.15) is 0 Å². The Bertz CT molecular complexity index is 130. The molecule has 1 heterocycles. The second-order valence-corrected chi connectivity index (χ2v) is 1.37. The van der Waals surface area contributed by atoms with Gasteiger partial charge in [0.05, 0.1) is 0 Å². The van der Waals surface area contributed by atoms with E-state index in [0.717, 1.165) is 0 Å². The van der Waals surface area contributed by atoms with Gasteiger partial charge in [0, 0.05) is 6.92 Å². The van der Waals surface area contributed by atoms with Gasteiger partial charge in [0.2, 0.25) is 0 Å². The van der Waals surface area contributed by atoms with E-state index in [1.807, 2.05) is 0 Å². The Labute approximate surface area is 46.8 Å². The van der Waals surface area contributed by atoms with Crippen LogP contribution in [0.25, 0.3) is 0 Å². The summed E-state index contributed by atoms with van der Waals surface area (Å²) in [7, 11) is 0. The van der Waals surface area contributed by atoms with Crippen molar-refractivity contribution in [3.63, 3.8) is 0 Å². The zero-order valence-corrected chi connectivity index (χ0v) is 4.42. The Kier molecular flexibility index (Phi) is 1.12. The third-order valence-electron chi connectivity index (χ3n) is 0.781. The van der Waals surface area contributed by atoms with Crippen LogP contribution in [0.1, 0.15) is 6.92 Å². The normalized spacial score (nSPS) is 17.6. The van der Waals surface area contributed by atoms with E-state index < -0.39 is 0 Å². The molecular weight excluding hydrogens is 108 g/mol. The molecule has 0 aromatic heterocycles. The molecule has 0 amide bonds. The van der Waals surface area contributed by atoms with E-state index in [4.69, 9.17) is 9.84 Å². The number of aliphatic hydroxyl groups is 1. The summed E-state index contributed by atoms with van der Waals surface area (Å²) >= 11 is 0. The number of rotatable bonds is 0. The van der Waals surface area contributed by atoms with Gasteiger partial charge in [-0.05, 0) is 0 Å². The van der Waals surface area contributed by atoms with Crippen LogP contribution < -0.4 is 0 Å². The highest BCUT2D eigenvalue weighted by Crippen LogP contribution is 2.09. The van der Waals surface area contributed by atoms with E-state index >= 15 is 0 Å². The number of allylic oxidation sites excluding steroid dienone is 1. The molecule has 8 heavy (non-hydrogen) atoms. The molecule has 0 unspecified atom stereocenters. The first-order chi connectivity index (χ1) is 3.80. The summed E-state index contributed by atoms with van der Waals surface area (Å²) in [5.74, 6) is 0.208. The van der Waals surface area contributed by atoms with Crippen molar-refractivity contribution in [2.45, 2.75) is 6.92 Å². The maximum Gasteiger partial charge on any atom is 0.321 e. The average Bonchev–Trinajstić information content (AvgIpc) is 1.77. The zero-order valence-electron chi connectivity index (χ0n) is 4.42. The fourth-order valence-electron chi connectivity index (χ4n) is 0.355. The van der Waals surface area contributed by atoms with Crippen LogP contribution in [0, 0.1) is 0 Å². The standard InChI is InChI=1S/C5H6O3/c1-4-5(6)8-3-2-7-4/h2-3,6H,1H3. The lowest BCUT2D eigenvalue weighted by atomic mass is 10.6. The summed E-state index contributed by atoms with van der Waals surface area (Å²) < 4.78 is 9.23. The Morgan fingerprint density at radius 2 is 2.00 bits per heavy atom. The predicted molar refractivity (Wildman–Crippen MR) is 26.6 cm³/mol. The van der Waals surface area contributed by atoms with Crippen molar-refractivity contribution < 1.29 is 14.6 Å². The van der Waals surface area contributed by atoms with E-state index in [1.54, 1.807) is 6.92 Å². The number of hydrogen-bond donors (Lipinski definition) is 1. The van der Waals surface area contributed by atoms with Gasteiger partial charge in [0.1, 0.15) is 12.5 Å². The summed E-state index contributed by atoms with van der Waals surface area (Å²) in [6, 6.07) is 0. The molecule has 1 aliphatic rings. The first kappa shape index (κ1) is 5.03. The lowest BCUT2D eigenvalue weighted by Crippen LogP contribution is -1.95. The van der Waals surface area contributed by atoms with Crippen molar-refractivity contribution in [2.24, 2.45) is 0 Å². The first-order valence-electron chi connectivity index (χ1n) is 2.19. The maximum atomic E-state index is 8.66. The van der Waals surface area contributed by atoms with Crippen LogP contribution in [0.2, 0.25) is 0 Å². The van der Waals surface area contributed by atoms with Crippen molar-refractivity contribution >= 4 is 0 Å². The molecule has 0 aliphatic carbocycles. The van der Waals surface area contributed by atoms with E-state index in [1.165, 1.54) is 12.5 Å². The topological polar surface area (TPSA) is 38.7 Å². The summed E-state index contributed by atoms with van der Waals surface area (Å²) in [5, 5.41) is 8.66. The molecule has 0 radical (unpaired) electrons. The molecule has 0 aromatic carbocycles. The summed E-state index contributed by atoms with van der Waals surface area (Å²) in [6.07, 6.45) is 2.62. The number of hydrogen-bond acceptors (Lipinski definition) is 3. The molecule has 1 aliphatic heterocycles. The molecule has 44 valence electrons. The maximum absolute atomic E-state index is 8.66. The third-order valence-corrected chi connectivity index (χ3v) is 0.781. The second kappa shape index (κ2) is 1.78. The minimum Gasteiger partial charge on any atom is -0.478 e. The van der Waals surface area contributed by atoms with Crippen molar-refractivity contribution in [3.8, 4) is 0 Å². The Hall–Kier alpha value is -1.12.